The maximum Gasteiger partial charge on any atom is 0.103 e. The molecule has 0 aromatic heterocycles. The molecule has 0 heterocycles. The molecule has 0 fully saturated rings. The summed E-state index contributed by atoms with van der Waals surface area (Å²) in [6.07, 6.45) is 3.10. The lowest BCUT2D eigenvalue weighted by molar-refractivity contribution is 0.439. The summed E-state index contributed by atoms with van der Waals surface area (Å²) in [6, 6.07) is 10.6. The van der Waals surface area contributed by atoms with Gasteiger partial charge in [-0.15, -0.1) is 11.8 Å². The van der Waals surface area contributed by atoms with Gasteiger partial charge in [0.05, 0.1) is 6.07 Å². The summed E-state index contributed by atoms with van der Waals surface area (Å²) in [5, 5.41) is 12.1. The third-order valence-electron chi connectivity index (χ3n) is 2.96. The Morgan fingerprint density at radius 3 is 2.72 bits per heavy atom. The molecule has 1 N–H and O–H groups in total. The summed E-state index contributed by atoms with van der Waals surface area (Å²) < 4.78 is 1.16. The van der Waals surface area contributed by atoms with Crippen molar-refractivity contribution in [1.82, 2.24) is 5.32 Å². The smallest absolute Gasteiger partial charge is 0.103 e. The Kier molecular flexibility index (Phi) is 6.77. The van der Waals surface area contributed by atoms with Gasteiger partial charge in [-0.1, -0.05) is 12.1 Å². The van der Waals surface area contributed by atoms with Gasteiger partial charge in [-0.2, -0.15) is 5.26 Å². The number of halogens is 1. The van der Waals surface area contributed by atoms with Crippen molar-refractivity contribution in [2.24, 2.45) is 0 Å². The molecule has 98 valence electrons. The van der Waals surface area contributed by atoms with Crippen molar-refractivity contribution in [2.75, 3.05) is 12.8 Å². The molecule has 0 saturated carbocycles. The van der Waals surface area contributed by atoms with Crippen molar-refractivity contribution in [1.29, 1.82) is 5.26 Å². The number of unbranched alkanes of at least 4 members (excludes halogenated alkanes) is 1. The van der Waals surface area contributed by atoms with Crippen LogP contribution in [0.25, 0.3) is 0 Å². The van der Waals surface area contributed by atoms with E-state index in [1.807, 2.05) is 31.8 Å². The van der Waals surface area contributed by atoms with Crippen molar-refractivity contribution < 1.29 is 0 Å². The van der Waals surface area contributed by atoms with Gasteiger partial charge >= 0.3 is 0 Å². The molecule has 0 aliphatic rings. The van der Waals surface area contributed by atoms with Crippen LogP contribution in [0.4, 0.5) is 0 Å². The number of nitriles is 1. The predicted octanol–water partition coefficient (Wildman–Crippen LogP) is 4.21. The fraction of sp³-hybridized carbons (Fsp3) is 0.500. The molecule has 18 heavy (non-hydrogen) atoms. The fourth-order valence-corrected chi connectivity index (χ4v) is 3.14. The molecule has 1 unspecified atom stereocenters. The van der Waals surface area contributed by atoms with Gasteiger partial charge in [0.2, 0.25) is 0 Å². The highest BCUT2D eigenvalue weighted by Gasteiger charge is 2.19. The molecule has 1 rings (SSSR count). The quantitative estimate of drug-likeness (QED) is 0.602. The predicted molar refractivity (Wildman–Crippen MR) is 81.8 cm³/mol. The van der Waals surface area contributed by atoms with Gasteiger partial charge in [0.1, 0.15) is 5.54 Å². The van der Waals surface area contributed by atoms with E-state index in [2.05, 4.69) is 45.5 Å². The zero-order valence-corrected chi connectivity index (χ0v) is 13.3. The van der Waals surface area contributed by atoms with E-state index in [0.29, 0.717) is 0 Å². The van der Waals surface area contributed by atoms with E-state index < -0.39 is 0 Å². The molecular weight excluding hydrogens is 308 g/mol. The molecule has 2 nitrogen and oxygen atoms in total. The van der Waals surface area contributed by atoms with Crippen LogP contribution in [0.5, 0.6) is 0 Å². The van der Waals surface area contributed by atoms with E-state index in [9.17, 15) is 0 Å². The molecule has 4 heteroatoms. The molecule has 1 aromatic carbocycles. The Bertz CT molecular complexity index is 417. The Hall–Kier alpha value is -0.500. The maximum atomic E-state index is 9.03. The lowest BCUT2D eigenvalue weighted by atomic mass is 9.97. The van der Waals surface area contributed by atoms with Crippen LogP contribution >= 0.6 is 27.7 Å². The van der Waals surface area contributed by atoms with Crippen LogP contribution in [-0.4, -0.2) is 18.3 Å². The Morgan fingerprint density at radius 2 is 2.11 bits per heavy atom. The van der Waals surface area contributed by atoms with E-state index in [1.165, 1.54) is 4.90 Å². The minimum absolute atomic E-state index is 0.377. The fourth-order valence-electron chi connectivity index (χ4n) is 1.56. The minimum Gasteiger partial charge on any atom is -0.303 e. The molecular formula is C14H19BrN2S. The van der Waals surface area contributed by atoms with Gasteiger partial charge in [0.25, 0.3) is 0 Å². The number of thioether (sulfide) groups is 1. The van der Waals surface area contributed by atoms with Crippen LogP contribution in [0.3, 0.4) is 0 Å². The zero-order valence-electron chi connectivity index (χ0n) is 10.9. The summed E-state index contributed by atoms with van der Waals surface area (Å²) in [6.45, 7) is 1.95. The highest BCUT2D eigenvalue weighted by molar-refractivity contribution is 9.10. The van der Waals surface area contributed by atoms with Gasteiger partial charge in [-0.25, -0.2) is 0 Å². The first-order chi connectivity index (χ1) is 8.61. The molecule has 1 aromatic rings. The van der Waals surface area contributed by atoms with E-state index in [1.54, 1.807) is 0 Å². The van der Waals surface area contributed by atoms with Crippen LogP contribution in [0.2, 0.25) is 0 Å². The largest absolute Gasteiger partial charge is 0.303 e. The summed E-state index contributed by atoms with van der Waals surface area (Å²) in [7, 11) is 1.85. The topological polar surface area (TPSA) is 35.8 Å². The van der Waals surface area contributed by atoms with E-state index >= 15 is 0 Å². The monoisotopic (exact) mass is 326 g/mol. The molecule has 0 bridgehead atoms. The number of hydrogen-bond acceptors (Lipinski definition) is 3. The van der Waals surface area contributed by atoms with Crippen molar-refractivity contribution in [3.05, 3.63) is 28.7 Å². The van der Waals surface area contributed by atoms with Crippen LogP contribution < -0.4 is 5.32 Å². The second kappa shape index (κ2) is 7.83. The van der Waals surface area contributed by atoms with Crippen molar-refractivity contribution >= 4 is 27.7 Å². The first-order valence-corrected chi connectivity index (χ1v) is 7.86. The van der Waals surface area contributed by atoms with Crippen molar-refractivity contribution in [3.8, 4) is 6.07 Å². The van der Waals surface area contributed by atoms with E-state index in [-0.39, 0.29) is 5.54 Å². The number of rotatable bonds is 7. The average molecular weight is 327 g/mol. The Balaban J connectivity index is 2.24. The van der Waals surface area contributed by atoms with Gasteiger partial charge in [0.15, 0.2) is 0 Å². The van der Waals surface area contributed by atoms with Crippen LogP contribution in [0.1, 0.15) is 26.2 Å². The van der Waals surface area contributed by atoms with Crippen molar-refractivity contribution in [3.63, 3.8) is 0 Å². The number of hydrogen-bond donors (Lipinski definition) is 1. The Morgan fingerprint density at radius 1 is 1.39 bits per heavy atom. The third-order valence-corrected chi connectivity index (χ3v) is 5.08. The molecule has 0 aliphatic carbocycles. The first kappa shape index (κ1) is 15.6. The lowest BCUT2D eigenvalue weighted by Gasteiger charge is -2.20. The maximum absolute atomic E-state index is 9.03. The van der Waals surface area contributed by atoms with Gasteiger partial charge < -0.3 is 5.32 Å². The highest BCUT2D eigenvalue weighted by Crippen LogP contribution is 2.28. The molecule has 0 saturated heterocycles. The van der Waals surface area contributed by atoms with E-state index in [4.69, 9.17) is 5.26 Å². The molecule has 1 atom stereocenters. The minimum atomic E-state index is -0.377. The Labute approximate surface area is 122 Å². The van der Waals surface area contributed by atoms with E-state index in [0.717, 1.165) is 29.5 Å². The van der Waals surface area contributed by atoms with Crippen LogP contribution in [0, 0.1) is 11.3 Å². The number of benzene rings is 1. The number of nitrogens with zero attached hydrogens (tertiary/aromatic N) is 1. The molecule has 0 spiro atoms. The highest BCUT2D eigenvalue weighted by atomic mass is 79.9. The van der Waals surface area contributed by atoms with Gasteiger partial charge in [-0.3, -0.25) is 0 Å². The van der Waals surface area contributed by atoms with Gasteiger partial charge in [-0.05, 0) is 67.0 Å². The summed E-state index contributed by atoms with van der Waals surface area (Å²) in [5.41, 5.74) is -0.377. The zero-order chi connectivity index (χ0) is 13.4. The first-order valence-electron chi connectivity index (χ1n) is 6.09. The molecule has 0 amide bonds. The molecule has 0 aliphatic heterocycles. The van der Waals surface area contributed by atoms with Crippen molar-refractivity contribution in [2.45, 2.75) is 36.6 Å². The summed E-state index contributed by atoms with van der Waals surface area (Å²) in [4.78, 5) is 1.29. The second-order valence-electron chi connectivity index (χ2n) is 4.43. The SMILES string of the molecule is CNC(C)(C#N)CCCCSc1ccccc1Br. The van der Waals surface area contributed by atoms with Gasteiger partial charge in [0, 0.05) is 9.37 Å². The third kappa shape index (κ3) is 5.01. The summed E-state index contributed by atoms with van der Waals surface area (Å²) >= 11 is 5.41. The summed E-state index contributed by atoms with van der Waals surface area (Å²) in [5.74, 6) is 1.09. The second-order valence-corrected chi connectivity index (χ2v) is 6.42. The standard InChI is InChI=1S/C14H19BrN2S/c1-14(11-16,17-2)9-5-6-10-18-13-8-4-3-7-12(13)15/h3-4,7-8,17H,5-6,9-10H2,1-2H3. The average Bonchev–Trinajstić information content (AvgIpc) is 2.40. The van der Waals surface area contributed by atoms with Crippen LogP contribution in [0.15, 0.2) is 33.6 Å². The normalized spacial score (nSPS) is 13.9. The molecule has 0 radical (unpaired) electrons. The number of nitrogens with one attached hydrogen (secondary N) is 1. The van der Waals surface area contributed by atoms with Crippen LogP contribution in [-0.2, 0) is 0 Å². The lowest BCUT2D eigenvalue weighted by Crippen LogP contribution is -2.37.